The van der Waals surface area contributed by atoms with Crippen LogP contribution in [0.25, 0.3) is 0 Å². The van der Waals surface area contributed by atoms with Gasteiger partial charge in [0.25, 0.3) is 5.91 Å². The van der Waals surface area contributed by atoms with Crippen LogP contribution in [0.15, 0.2) is 42.5 Å². The van der Waals surface area contributed by atoms with E-state index < -0.39 is 11.9 Å². The van der Waals surface area contributed by atoms with Crippen LogP contribution in [-0.2, 0) is 14.3 Å². The van der Waals surface area contributed by atoms with E-state index >= 15 is 0 Å². The molecule has 0 aliphatic heterocycles. The first-order chi connectivity index (χ1) is 11.9. The number of aryl methyl sites for hydroxylation is 2. The third-order valence-electron chi connectivity index (χ3n) is 3.90. The summed E-state index contributed by atoms with van der Waals surface area (Å²) in [7, 11) is 0. The molecule has 1 atom stereocenters. The van der Waals surface area contributed by atoms with Crippen molar-refractivity contribution in [2.45, 2.75) is 33.1 Å². The number of halogens is 1. The molecule has 25 heavy (non-hydrogen) atoms. The number of carbonyl (C=O) groups excluding carboxylic acids is 2. The Morgan fingerprint density at radius 1 is 1.16 bits per heavy atom. The molecule has 0 aromatic heterocycles. The summed E-state index contributed by atoms with van der Waals surface area (Å²) >= 11 is 6.16. The molecule has 0 aliphatic carbocycles. The predicted octanol–water partition coefficient (Wildman–Crippen LogP) is 4.63. The Bertz CT molecular complexity index is 736. The van der Waals surface area contributed by atoms with Crippen molar-refractivity contribution < 1.29 is 14.3 Å². The number of hydrogen-bond donors (Lipinski definition) is 1. The molecule has 2 aromatic rings. The highest BCUT2D eigenvalue weighted by molar-refractivity contribution is 6.34. The summed E-state index contributed by atoms with van der Waals surface area (Å²) < 4.78 is 5.08. The van der Waals surface area contributed by atoms with Gasteiger partial charge in [-0.3, -0.25) is 9.59 Å². The third-order valence-corrected chi connectivity index (χ3v) is 4.20. The van der Waals surface area contributed by atoms with Crippen molar-refractivity contribution in [3.63, 3.8) is 0 Å². The van der Waals surface area contributed by atoms with Crippen LogP contribution in [-0.4, -0.2) is 18.5 Å². The smallest absolute Gasteiger partial charge is 0.306 e. The monoisotopic (exact) mass is 359 g/mol. The van der Waals surface area contributed by atoms with E-state index in [1.54, 1.807) is 6.07 Å². The molecule has 0 unspecified atom stereocenters. The summed E-state index contributed by atoms with van der Waals surface area (Å²) in [6, 6.07) is 13.4. The molecule has 0 aliphatic rings. The summed E-state index contributed by atoms with van der Waals surface area (Å²) in [6.45, 7) is 5.41. The van der Waals surface area contributed by atoms with Crippen LogP contribution < -0.4 is 5.32 Å². The summed E-state index contributed by atoms with van der Waals surface area (Å²) in [4.78, 5) is 23.9. The van der Waals surface area contributed by atoms with E-state index in [1.807, 2.05) is 57.2 Å². The van der Waals surface area contributed by atoms with Crippen LogP contribution >= 0.6 is 11.6 Å². The third kappa shape index (κ3) is 5.61. The van der Waals surface area contributed by atoms with Crippen LogP contribution in [0.1, 0.15) is 36.0 Å². The predicted molar refractivity (Wildman–Crippen MR) is 100.0 cm³/mol. The van der Waals surface area contributed by atoms with Gasteiger partial charge >= 0.3 is 5.97 Å². The van der Waals surface area contributed by atoms with Crippen molar-refractivity contribution in [1.29, 1.82) is 0 Å². The van der Waals surface area contributed by atoms with Crippen LogP contribution in [0.2, 0.25) is 5.02 Å². The minimum absolute atomic E-state index is 0.0329. The van der Waals surface area contributed by atoms with E-state index in [0.717, 1.165) is 16.7 Å². The Morgan fingerprint density at radius 2 is 1.84 bits per heavy atom. The molecule has 0 heterocycles. The molecule has 2 aromatic carbocycles. The van der Waals surface area contributed by atoms with Gasteiger partial charge in [-0.15, -0.1) is 0 Å². The van der Waals surface area contributed by atoms with Crippen LogP contribution in [0.4, 0.5) is 5.69 Å². The fraction of sp³-hybridized carbons (Fsp3) is 0.300. The first-order valence-electron chi connectivity index (χ1n) is 8.14. The van der Waals surface area contributed by atoms with Gasteiger partial charge in [-0.2, -0.15) is 0 Å². The van der Waals surface area contributed by atoms with Gasteiger partial charge < -0.3 is 10.1 Å². The number of esters is 1. The normalized spacial score (nSPS) is 11.7. The van der Waals surface area contributed by atoms with Gasteiger partial charge in [0.15, 0.2) is 6.61 Å². The summed E-state index contributed by atoms with van der Waals surface area (Å²) in [6.07, 6.45) is 0.224. The second-order valence-corrected chi connectivity index (χ2v) is 6.57. The van der Waals surface area contributed by atoms with Crippen molar-refractivity contribution in [2.75, 3.05) is 11.9 Å². The van der Waals surface area contributed by atoms with Gasteiger partial charge in [0.2, 0.25) is 0 Å². The number of carbonyl (C=O) groups is 2. The zero-order chi connectivity index (χ0) is 18.4. The van der Waals surface area contributed by atoms with E-state index in [2.05, 4.69) is 5.32 Å². The second kappa shape index (κ2) is 8.67. The maximum Gasteiger partial charge on any atom is 0.306 e. The highest BCUT2D eigenvalue weighted by atomic mass is 35.5. The molecule has 0 saturated carbocycles. The molecule has 0 bridgehead atoms. The number of nitrogens with one attached hydrogen (secondary N) is 1. The fourth-order valence-corrected chi connectivity index (χ4v) is 2.97. The average molecular weight is 360 g/mol. The summed E-state index contributed by atoms with van der Waals surface area (Å²) in [5, 5.41) is 3.17. The molecular formula is C20H22ClNO3. The van der Waals surface area contributed by atoms with Crippen molar-refractivity contribution >= 4 is 29.2 Å². The van der Waals surface area contributed by atoms with Crippen molar-refractivity contribution in [2.24, 2.45) is 0 Å². The molecule has 0 saturated heterocycles. The van der Waals surface area contributed by atoms with Gasteiger partial charge in [0.05, 0.1) is 17.1 Å². The zero-order valence-corrected chi connectivity index (χ0v) is 15.4. The van der Waals surface area contributed by atoms with Crippen LogP contribution in [0.5, 0.6) is 0 Å². The minimum Gasteiger partial charge on any atom is -0.456 e. The van der Waals surface area contributed by atoms with Crippen molar-refractivity contribution in [3.8, 4) is 0 Å². The standard InChI is InChI=1S/C20H22ClNO3/c1-13-9-15(3)20(17(21)10-13)22-18(23)12-25-19(24)11-14(2)16-7-5-4-6-8-16/h4-10,14H,11-12H2,1-3H3,(H,22,23)/t14-/m0/s1. The van der Waals surface area contributed by atoms with E-state index in [0.29, 0.717) is 10.7 Å². The first kappa shape index (κ1) is 19.0. The fourth-order valence-electron chi connectivity index (χ4n) is 2.60. The maximum absolute atomic E-state index is 12.0. The average Bonchev–Trinajstić information content (AvgIpc) is 2.57. The molecule has 5 heteroatoms. The maximum atomic E-state index is 12.0. The van der Waals surface area contributed by atoms with Gasteiger partial charge in [-0.25, -0.2) is 0 Å². The van der Waals surface area contributed by atoms with Gasteiger partial charge in [0.1, 0.15) is 0 Å². The number of benzene rings is 2. The summed E-state index contributed by atoms with van der Waals surface area (Å²) in [5.74, 6) is -0.779. The quantitative estimate of drug-likeness (QED) is 0.765. The van der Waals surface area contributed by atoms with E-state index in [9.17, 15) is 9.59 Å². The zero-order valence-electron chi connectivity index (χ0n) is 14.6. The molecule has 0 spiro atoms. The highest BCUT2D eigenvalue weighted by Crippen LogP contribution is 2.27. The largest absolute Gasteiger partial charge is 0.456 e. The lowest BCUT2D eigenvalue weighted by Crippen LogP contribution is -2.22. The number of hydrogen-bond acceptors (Lipinski definition) is 3. The first-order valence-corrected chi connectivity index (χ1v) is 8.51. The van der Waals surface area contributed by atoms with Gasteiger partial charge in [-0.1, -0.05) is 54.9 Å². The van der Waals surface area contributed by atoms with E-state index in [4.69, 9.17) is 16.3 Å². The second-order valence-electron chi connectivity index (χ2n) is 6.16. The number of anilines is 1. The topological polar surface area (TPSA) is 55.4 Å². The molecule has 0 fully saturated rings. The molecule has 132 valence electrons. The Hall–Kier alpha value is -2.33. The van der Waals surface area contributed by atoms with Gasteiger partial charge in [-0.05, 0) is 42.5 Å². The Labute approximate surface area is 153 Å². The Morgan fingerprint density at radius 3 is 2.48 bits per heavy atom. The van der Waals surface area contributed by atoms with Crippen LogP contribution in [0, 0.1) is 13.8 Å². The van der Waals surface area contributed by atoms with Crippen molar-refractivity contribution in [3.05, 3.63) is 64.2 Å². The molecule has 0 radical (unpaired) electrons. The number of amides is 1. The minimum atomic E-state index is -0.408. The van der Waals surface area contributed by atoms with Crippen LogP contribution in [0.3, 0.4) is 0 Å². The molecular weight excluding hydrogens is 338 g/mol. The summed E-state index contributed by atoms with van der Waals surface area (Å²) in [5.41, 5.74) is 3.49. The number of rotatable bonds is 6. The molecule has 4 nitrogen and oxygen atoms in total. The number of ether oxygens (including phenoxy) is 1. The lowest BCUT2D eigenvalue weighted by Gasteiger charge is -2.13. The lowest BCUT2D eigenvalue weighted by atomic mass is 9.98. The Balaban J connectivity index is 1.85. The highest BCUT2D eigenvalue weighted by Gasteiger charge is 2.15. The molecule has 2 rings (SSSR count). The van der Waals surface area contributed by atoms with Gasteiger partial charge in [0, 0.05) is 0 Å². The van der Waals surface area contributed by atoms with Crippen molar-refractivity contribution in [1.82, 2.24) is 0 Å². The van der Waals surface area contributed by atoms with E-state index in [-0.39, 0.29) is 18.9 Å². The SMILES string of the molecule is Cc1cc(C)c(NC(=O)COC(=O)C[C@H](C)c2ccccc2)c(Cl)c1. The lowest BCUT2D eigenvalue weighted by molar-refractivity contribution is -0.147. The molecule has 1 N–H and O–H groups in total. The Kier molecular flexibility index (Phi) is 6.59. The molecule has 1 amide bonds. The van der Waals surface area contributed by atoms with E-state index in [1.165, 1.54) is 0 Å².